The fourth-order valence-corrected chi connectivity index (χ4v) is 7.03. The van der Waals surface area contributed by atoms with Gasteiger partial charge in [0.25, 0.3) is 0 Å². The smallest absolute Gasteiger partial charge is 0.130 e. The summed E-state index contributed by atoms with van der Waals surface area (Å²) in [6.07, 6.45) is 15.7. The van der Waals surface area contributed by atoms with Gasteiger partial charge in [-0.2, -0.15) is 0 Å². The van der Waals surface area contributed by atoms with Crippen molar-refractivity contribution >= 4 is 5.57 Å². The van der Waals surface area contributed by atoms with Crippen LogP contribution in [0.5, 0.6) is 0 Å². The lowest BCUT2D eigenvalue weighted by Gasteiger charge is -2.29. The standard InChI is InChI=1S/C33H42F2/c1-3-23-6-10-26(11-7-23)30-18-17-29(21-32(30)34)25-12-14-27(15-13-25)31-19-16-28(20-33(31)35)24-8-4-22(2)5-9-24/h14,16-26H,3-13,15H2,1-2H3. The molecule has 2 aromatic rings. The van der Waals surface area contributed by atoms with Gasteiger partial charge in [-0.25, -0.2) is 8.78 Å². The van der Waals surface area contributed by atoms with Crippen LogP contribution in [0.2, 0.25) is 0 Å². The van der Waals surface area contributed by atoms with Gasteiger partial charge in [-0.05, 0) is 122 Å². The normalized spacial score (nSPS) is 29.6. The lowest BCUT2D eigenvalue weighted by Crippen LogP contribution is -2.14. The van der Waals surface area contributed by atoms with E-state index in [-0.39, 0.29) is 11.6 Å². The van der Waals surface area contributed by atoms with Gasteiger partial charge in [-0.3, -0.25) is 0 Å². The molecule has 0 aliphatic heterocycles. The van der Waals surface area contributed by atoms with Gasteiger partial charge in [-0.1, -0.05) is 63.5 Å². The number of hydrogen-bond donors (Lipinski definition) is 0. The Kier molecular flexibility index (Phi) is 7.75. The van der Waals surface area contributed by atoms with E-state index in [1.165, 1.54) is 50.5 Å². The molecule has 0 radical (unpaired) electrons. The Morgan fingerprint density at radius 1 is 0.714 bits per heavy atom. The minimum absolute atomic E-state index is 0.0176. The van der Waals surface area contributed by atoms with Crippen LogP contribution in [0, 0.1) is 23.5 Å². The van der Waals surface area contributed by atoms with E-state index in [0.717, 1.165) is 66.2 Å². The minimum atomic E-state index is -0.0704. The molecule has 2 heteroatoms. The Morgan fingerprint density at radius 2 is 1.37 bits per heavy atom. The Morgan fingerprint density at radius 3 is 2.00 bits per heavy atom. The van der Waals surface area contributed by atoms with Crippen LogP contribution in [-0.2, 0) is 0 Å². The number of halogens is 2. The maximum absolute atomic E-state index is 15.1. The first-order chi connectivity index (χ1) is 17.0. The molecule has 0 bridgehead atoms. The van der Waals surface area contributed by atoms with Crippen molar-refractivity contribution in [3.63, 3.8) is 0 Å². The molecule has 1 unspecified atom stereocenters. The van der Waals surface area contributed by atoms with E-state index in [1.54, 1.807) is 12.1 Å². The maximum Gasteiger partial charge on any atom is 0.130 e. The molecule has 1 atom stereocenters. The van der Waals surface area contributed by atoms with Crippen molar-refractivity contribution in [1.82, 2.24) is 0 Å². The zero-order valence-corrected chi connectivity index (χ0v) is 21.7. The predicted molar refractivity (Wildman–Crippen MR) is 143 cm³/mol. The summed E-state index contributed by atoms with van der Waals surface area (Å²) in [7, 11) is 0. The van der Waals surface area contributed by atoms with Crippen molar-refractivity contribution in [2.45, 2.75) is 109 Å². The summed E-state index contributed by atoms with van der Waals surface area (Å²) >= 11 is 0. The average molecular weight is 477 g/mol. The maximum atomic E-state index is 15.1. The number of allylic oxidation sites excluding steroid dienone is 2. The summed E-state index contributed by atoms with van der Waals surface area (Å²) in [5.41, 5.74) is 5.08. The molecule has 0 aromatic heterocycles. The van der Waals surface area contributed by atoms with Crippen LogP contribution >= 0.6 is 0 Å². The van der Waals surface area contributed by atoms with Crippen LogP contribution in [0.25, 0.3) is 5.57 Å². The number of benzene rings is 2. The van der Waals surface area contributed by atoms with E-state index in [9.17, 15) is 0 Å². The molecule has 188 valence electrons. The largest absolute Gasteiger partial charge is 0.207 e. The van der Waals surface area contributed by atoms with Crippen molar-refractivity contribution in [2.24, 2.45) is 11.8 Å². The molecule has 3 aliphatic rings. The number of rotatable bonds is 5. The van der Waals surface area contributed by atoms with Gasteiger partial charge in [0.2, 0.25) is 0 Å². The monoisotopic (exact) mass is 476 g/mol. The fourth-order valence-electron chi connectivity index (χ4n) is 7.03. The average Bonchev–Trinajstić information content (AvgIpc) is 2.89. The molecule has 3 aliphatic carbocycles. The Labute approximate surface area is 211 Å². The number of hydrogen-bond acceptors (Lipinski definition) is 0. The van der Waals surface area contributed by atoms with E-state index >= 15 is 8.78 Å². The summed E-state index contributed by atoms with van der Waals surface area (Å²) in [6.45, 7) is 4.59. The van der Waals surface area contributed by atoms with Gasteiger partial charge in [0.1, 0.15) is 11.6 Å². The highest BCUT2D eigenvalue weighted by molar-refractivity contribution is 5.67. The molecule has 2 aromatic carbocycles. The van der Waals surface area contributed by atoms with Crippen LogP contribution < -0.4 is 0 Å². The molecule has 2 saturated carbocycles. The van der Waals surface area contributed by atoms with E-state index in [1.807, 2.05) is 6.07 Å². The second-order valence-corrected chi connectivity index (χ2v) is 11.8. The van der Waals surface area contributed by atoms with Gasteiger partial charge in [-0.15, -0.1) is 0 Å². The Balaban J connectivity index is 1.23. The molecule has 0 spiro atoms. The fraction of sp³-hybridized carbons (Fsp3) is 0.576. The molecule has 2 fully saturated rings. The Hall–Kier alpha value is -1.96. The highest BCUT2D eigenvalue weighted by Crippen LogP contribution is 2.42. The van der Waals surface area contributed by atoms with Crippen molar-refractivity contribution in [2.75, 3.05) is 0 Å². The zero-order valence-electron chi connectivity index (χ0n) is 21.7. The third-order valence-electron chi connectivity index (χ3n) is 9.60. The minimum Gasteiger partial charge on any atom is -0.207 e. The van der Waals surface area contributed by atoms with Crippen molar-refractivity contribution in [3.05, 3.63) is 76.4 Å². The van der Waals surface area contributed by atoms with Gasteiger partial charge in [0.15, 0.2) is 0 Å². The first-order valence-corrected chi connectivity index (χ1v) is 14.3. The van der Waals surface area contributed by atoms with Crippen LogP contribution in [0.4, 0.5) is 8.78 Å². The van der Waals surface area contributed by atoms with Crippen LogP contribution in [0.1, 0.15) is 131 Å². The van der Waals surface area contributed by atoms with Gasteiger partial charge < -0.3 is 0 Å². The van der Waals surface area contributed by atoms with Gasteiger partial charge >= 0.3 is 0 Å². The molecular formula is C33H42F2. The molecule has 0 amide bonds. The van der Waals surface area contributed by atoms with Crippen LogP contribution in [0.15, 0.2) is 42.5 Å². The van der Waals surface area contributed by atoms with E-state index in [4.69, 9.17) is 0 Å². The third-order valence-corrected chi connectivity index (χ3v) is 9.60. The zero-order chi connectivity index (χ0) is 24.4. The summed E-state index contributed by atoms with van der Waals surface area (Å²) in [5, 5.41) is 0. The van der Waals surface area contributed by atoms with Crippen molar-refractivity contribution in [1.29, 1.82) is 0 Å². The van der Waals surface area contributed by atoms with Crippen LogP contribution in [0.3, 0.4) is 0 Å². The second kappa shape index (κ2) is 11.0. The van der Waals surface area contributed by atoms with Gasteiger partial charge in [0, 0.05) is 5.56 Å². The first-order valence-electron chi connectivity index (χ1n) is 14.3. The van der Waals surface area contributed by atoms with E-state index in [0.29, 0.717) is 17.8 Å². The molecular weight excluding hydrogens is 434 g/mol. The quantitative estimate of drug-likeness (QED) is 0.402. The summed E-state index contributed by atoms with van der Waals surface area (Å²) in [6, 6.07) is 12.0. The van der Waals surface area contributed by atoms with Crippen molar-refractivity contribution in [3.8, 4) is 0 Å². The molecule has 5 rings (SSSR count). The van der Waals surface area contributed by atoms with Crippen molar-refractivity contribution < 1.29 is 8.78 Å². The van der Waals surface area contributed by atoms with Gasteiger partial charge in [0.05, 0.1) is 0 Å². The Bertz CT molecular complexity index is 1040. The molecule has 0 N–H and O–H groups in total. The lowest BCUT2D eigenvalue weighted by molar-refractivity contribution is 0.314. The SMILES string of the molecule is CCC1CCC(c2ccc(C3CC=C(c4ccc(C5CCC(C)CC5)cc4F)CC3)cc2F)CC1. The van der Waals surface area contributed by atoms with E-state index < -0.39 is 0 Å². The summed E-state index contributed by atoms with van der Waals surface area (Å²) < 4.78 is 30.2. The highest BCUT2D eigenvalue weighted by Gasteiger charge is 2.26. The summed E-state index contributed by atoms with van der Waals surface area (Å²) in [5.74, 6) is 2.77. The molecule has 0 heterocycles. The predicted octanol–water partition coefficient (Wildman–Crippen LogP) is 10.3. The topological polar surface area (TPSA) is 0 Å². The highest BCUT2D eigenvalue weighted by atomic mass is 19.1. The van der Waals surface area contributed by atoms with Crippen LogP contribution in [-0.4, -0.2) is 0 Å². The molecule has 35 heavy (non-hydrogen) atoms. The second-order valence-electron chi connectivity index (χ2n) is 11.8. The van der Waals surface area contributed by atoms with E-state index in [2.05, 4.69) is 38.1 Å². The lowest BCUT2D eigenvalue weighted by atomic mass is 9.76. The molecule has 0 saturated heterocycles. The molecule has 0 nitrogen and oxygen atoms in total. The third kappa shape index (κ3) is 5.57. The first kappa shape index (κ1) is 24.7. The summed E-state index contributed by atoms with van der Waals surface area (Å²) in [4.78, 5) is 0.